The summed E-state index contributed by atoms with van der Waals surface area (Å²) in [6.45, 7) is -1.05. The van der Waals surface area contributed by atoms with E-state index in [9.17, 15) is 38.4 Å². The van der Waals surface area contributed by atoms with Crippen LogP contribution in [0.4, 0.5) is 0 Å². The number of aromatic nitrogens is 2. The van der Waals surface area contributed by atoms with E-state index in [-0.39, 0.29) is 99.6 Å². The zero-order valence-electron chi connectivity index (χ0n) is 17.8. The molecule has 0 bridgehead atoms. The normalized spacial score (nSPS) is 25.0. The van der Waals surface area contributed by atoms with Crippen LogP contribution in [0.25, 0.3) is 0 Å². The van der Waals surface area contributed by atoms with Crippen molar-refractivity contribution in [3.8, 4) is 0 Å². The molecule has 185 valence electrons. The van der Waals surface area contributed by atoms with E-state index in [1.807, 2.05) is 4.98 Å². The maximum atomic E-state index is 11.7. The van der Waals surface area contributed by atoms with Gasteiger partial charge in [0, 0.05) is 101 Å². The third kappa shape index (κ3) is 13.1. The average molecular weight is 589 g/mol. The molecule has 11 N–H and O–H groups in total. The molecule has 0 aliphatic carbocycles. The van der Waals surface area contributed by atoms with Crippen LogP contribution in [0.2, 0.25) is 0 Å². The third-order valence-electron chi connectivity index (χ3n) is 3.28. The number of aliphatic hydroxyl groups is 2. The predicted molar refractivity (Wildman–Crippen MR) is 112 cm³/mol. The standard InChI is InChI=1S/C9H15N2O15P3.3Na.2H2O/c12-5-1-2-11(9(15)10-5)8-7(14)6(13)4(24-8)3-23-28(19,20)26-29(21,22)25-27(16,17)18;;;;;/h1-2,4,6-8,13-14H,3H2,(H,19,20)(H,21,22)(H,10,12,15)(H2,16,17,18);;;;2*1H2/t4-,6-,7-,8-;;;;;/m1...../s1. The van der Waals surface area contributed by atoms with Gasteiger partial charge in [0.1, 0.15) is 18.3 Å². The monoisotopic (exact) mass is 589 g/mol. The molecule has 2 heterocycles. The van der Waals surface area contributed by atoms with Crippen molar-refractivity contribution in [3.05, 3.63) is 33.1 Å². The fraction of sp³-hybridized carbons (Fsp3) is 0.556. The molecule has 6 atom stereocenters. The number of aliphatic hydroxyl groups excluding tert-OH is 2. The molecule has 1 saturated heterocycles. The van der Waals surface area contributed by atoms with Crippen LogP contribution in [0.5, 0.6) is 0 Å². The molecule has 34 heavy (non-hydrogen) atoms. The maximum Gasteiger partial charge on any atom is 0.490 e. The number of phosphoric ester groups is 1. The predicted octanol–water partition coefficient (Wildman–Crippen LogP) is -5.29. The van der Waals surface area contributed by atoms with Crippen molar-refractivity contribution in [1.82, 2.24) is 9.55 Å². The first-order chi connectivity index (χ1) is 13.1. The Kier molecular flexibility index (Phi) is 21.2. The van der Waals surface area contributed by atoms with Gasteiger partial charge in [0.05, 0.1) is 6.61 Å². The summed E-state index contributed by atoms with van der Waals surface area (Å²) in [5.41, 5.74) is -1.74. The van der Waals surface area contributed by atoms with E-state index in [0.717, 1.165) is 12.3 Å². The summed E-state index contributed by atoms with van der Waals surface area (Å²) in [6, 6.07) is 0.920. The SMILES string of the molecule is O.O.O=c1ccn([C@@H]2O[C@H](COP(=O)(O)OP(=O)(O)OP(=O)(O)O)[C@@H](O)[C@H]2O)c(=O)[nH]1.[Na].[Na].[Na]. The van der Waals surface area contributed by atoms with Gasteiger partial charge in [0.25, 0.3) is 5.56 Å². The van der Waals surface area contributed by atoms with Gasteiger partial charge in [0.15, 0.2) is 6.23 Å². The molecular weight excluding hydrogens is 570 g/mol. The van der Waals surface area contributed by atoms with Crippen molar-refractivity contribution < 1.29 is 72.3 Å². The molecule has 25 heteroatoms. The summed E-state index contributed by atoms with van der Waals surface area (Å²) < 4.78 is 50.6. The number of hydrogen-bond acceptors (Lipinski definition) is 11. The van der Waals surface area contributed by atoms with Crippen molar-refractivity contribution >= 4 is 112 Å². The molecule has 19 nitrogen and oxygen atoms in total. The fourth-order valence-corrected chi connectivity index (χ4v) is 5.23. The molecule has 1 fully saturated rings. The topological polar surface area (TPSA) is 327 Å². The number of ether oxygens (including phenoxy) is 1. The quantitative estimate of drug-likeness (QED) is 0.110. The number of phosphoric acid groups is 3. The van der Waals surface area contributed by atoms with Gasteiger partial charge in [-0.3, -0.25) is 18.9 Å². The van der Waals surface area contributed by atoms with Crippen LogP contribution in [0, 0.1) is 0 Å². The molecule has 2 unspecified atom stereocenters. The number of nitrogens with zero attached hydrogens (tertiary/aromatic N) is 1. The summed E-state index contributed by atoms with van der Waals surface area (Å²) in [4.78, 5) is 59.9. The molecule has 0 saturated carbocycles. The van der Waals surface area contributed by atoms with Gasteiger partial charge < -0.3 is 45.5 Å². The van der Waals surface area contributed by atoms with Gasteiger partial charge in [-0.1, -0.05) is 0 Å². The Balaban J connectivity index is -0.000000900. The second-order valence-electron chi connectivity index (χ2n) is 5.45. The molecule has 0 amide bonds. The number of nitrogens with one attached hydrogen (secondary N) is 1. The summed E-state index contributed by atoms with van der Waals surface area (Å²) in [6.07, 6.45) is -5.70. The largest absolute Gasteiger partial charge is 0.490 e. The Morgan fingerprint density at radius 1 is 0.941 bits per heavy atom. The fourth-order valence-electron chi connectivity index (χ4n) is 2.20. The second-order valence-corrected chi connectivity index (χ2v) is 9.87. The third-order valence-corrected chi connectivity index (χ3v) is 7.08. The van der Waals surface area contributed by atoms with E-state index >= 15 is 0 Å². The van der Waals surface area contributed by atoms with Crippen molar-refractivity contribution in [3.63, 3.8) is 0 Å². The summed E-state index contributed by atoms with van der Waals surface area (Å²) in [5.74, 6) is 0. The smallest absolute Gasteiger partial charge is 0.412 e. The van der Waals surface area contributed by atoms with E-state index in [1.165, 1.54) is 0 Å². The van der Waals surface area contributed by atoms with E-state index in [2.05, 4.69) is 13.1 Å². The summed E-state index contributed by atoms with van der Waals surface area (Å²) >= 11 is 0. The van der Waals surface area contributed by atoms with Crippen molar-refractivity contribution in [2.45, 2.75) is 24.5 Å². The van der Waals surface area contributed by atoms with Gasteiger partial charge in [-0.25, -0.2) is 18.5 Å². The zero-order valence-corrected chi connectivity index (χ0v) is 26.5. The van der Waals surface area contributed by atoms with Gasteiger partial charge in [-0.05, 0) is 0 Å². The van der Waals surface area contributed by atoms with Gasteiger partial charge in [0.2, 0.25) is 0 Å². The minimum atomic E-state index is -5.73. The first-order valence-electron chi connectivity index (χ1n) is 7.22. The van der Waals surface area contributed by atoms with Crippen molar-refractivity contribution in [2.75, 3.05) is 6.61 Å². The molecule has 0 aromatic carbocycles. The molecule has 2 rings (SSSR count). The van der Waals surface area contributed by atoms with Crippen LogP contribution in [0.3, 0.4) is 0 Å². The van der Waals surface area contributed by atoms with Gasteiger partial charge in [-0.15, -0.1) is 0 Å². The van der Waals surface area contributed by atoms with Crippen LogP contribution in [-0.4, -0.2) is 164 Å². The molecular formula is C9H19N2Na3O17P3. The van der Waals surface area contributed by atoms with Crippen LogP contribution in [-0.2, 0) is 31.6 Å². The average Bonchev–Trinajstić information content (AvgIpc) is 2.78. The number of aromatic amines is 1. The molecule has 1 aromatic heterocycles. The Hall–Kier alpha value is 1.89. The Morgan fingerprint density at radius 3 is 1.94 bits per heavy atom. The molecule has 1 aliphatic heterocycles. The van der Waals surface area contributed by atoms with Gasteiger partial charge >= 0.3 is 29.2 Å². The second kappa shape index (κ2) is 16.8. The maximum absolute atomic E-state index is 11.7. The summed E-state index contributed by atoms with van der Waals surface area (Å²) in [7, 11) is -16.8. The van der Waals surface area contributed by atoms with E-state index < -0.39 is 65.9 Å². The number of rotatable bonds is 8. The molecule has 3 radical (unpaired) electrons. The first-order valence-corrected chi connectivity index (χ1v) is 11.7. The van der Waals surface area contributed by atoms with E-state index in [0.29, 0.717) is 4.57 Å². The van der Waals surface area contributed by atoms with E-state index in [1.54, 1.807) is 0 Å². The van der Waals surface area contributed by atoms with E-state index in [4.69, 9.17) is 19.4 Å². The first kappa shape index (κ1) is 43.0. The summed E-state index contributed by atoms with van der Waals surface area (Å²) in [5, 5.41) is 19.9. The van der Waals surface area contributed by atoms with Crippen LogP contribution >= 0.6 is 23.5 Å². The van der Waals surface area contributed by atoms with Crippen LogP contribution in [0.1, 0.15) is 6.23 Å². The molecule has 1 aromatic rings. The molecule has 1 aliphatic rings. The molecule has 0 spiro atoms. The van der Waals surface area contributed by atoms with Gasteiger partial charge in [-0.2, -0.15) is 8.62 Å². The van der Waals surface area contributed by atoms with Crippen molar-refractivity contribution in [2.24, 2.45) is 0 Å². The minimum Gasteiger partial charge on any atom is -0.412 e. The van der Waals surface area contributed by atoms with Crippen LogP contribution in [0.15, 0.2) is 21.9 Å². The minimum absolute atomic E-state index is 0. The number of hydrogen-bond donors (Lipinski definition) is 7. The number of H-pyrrole nitrogens is 1. The van der Waals surface area contributed by atoms with Crippen molar-refractivity contribution in [1.29, 1.82) is 0 Å². The van der Waals surface area contributed by atoms with Crippen LogP contribution < -0.4 is 11.2 Å². The zero-order chi connectivity index (χ0) is 22.2. The Bertz CT molecular complexity index is 1010. The Labute approximate surface area is 255 Å². The Morgan fingerprint density at radius 2 is 1.47 bits per heavy atom.